The number of phenols is 1. The number of carbonyl (C=O) groups is 1. The molecule has 11 heteroatoms. The Labute approximate surface area is 207 Å². The molecular formula is C24H33FN6O3S. The van der Waals surface area contributed by atoms with E-state index in [-0.39, 0.29) is 18.0 Å². The Morgan fingerprint density at radius 2 is 2.06 bits per heavy atom. The van der Waals surface area contributed by atoms with Gasteiger partial charge in [0.1, 0.15) is 18.0 Å². The number of aromatic hydroxyl groups is 1. The molecule has 1 unspecified atom stereocenters. The summed E-state index contributed by atoms with van der Waals surface area (Å²) in [5, 5.41) is 10.4. The maximum Gasteiger partial charge on any atom is 0.253 e. The minimum absolute atomic E-state index is 0.160. The number of nitrogens with one attached hydrogen (secondary N) is 1. The van der Waals surface area contributed by atoms with E-state index in [2.05, 4.69) is 19.5 Å². The van der Waals surface area contributed by atoms with E-state index in [1.165, 1.54) is 0 Å². The number of hydrogen-bond acceptors (Lipinski definition) is 7. The molecule has 3 aliphatic heterocycles. The zero-order valence-electron chi connectivity index (χ0n) is 20.4. The van der Waals surface area contributed by atoms with E-state index >= 15 is 4.39 Å². The Morgan fingerprint density at radius 1 is 1.34 bits per heavy atom. The highest BCUT2D eigenvalue weighted by atomic mass is 32.2. The Kier molecular flexibility index (Phi) is 6.13. The van der Waals surface area contributed by atoms with E-state index < -0.39 is 22.9 Å². The van der Waals surface area contributed by atoms with Gasteiger partial charge in [-0.05, 0) is 50.2 Å². The second kappa shape index (κ2) is 8.86. The van der Waals surface area contributed by atoms with Crippen LogP contribution in [-0.2, 0) is 28.9 Å². The fraction of sp³-hybridized carbons (Fsp3) is 0.583. The summed E-state index contributed by atoms with van der Waals surface area (Å²) >= 11 is -1.89. The van der Waals surface area contributed by atoms with Crippen molar-refractivity contribution >= 4 is 28.5 Å². The molecule has 1 saturated carbocycles. The van der Waals surface area contributed by atoms with Gasteiger partial charge in [0.05, 0.1) is 0 Å². The molecule has 1 amide bonds. The lowest BCUT2D eigenvalue weighted by Crippen LogP contribution is -2.67. The fourth-order valence-corrected chi connectivity index (χ4v) is 7.04. The van der Waals surface area contributed by atoms with Crippen LogP contribution in [0.5, 0.6) is 5.75 Å². The summed E-state index contributed by atoms with van der Waals surface area (Å²) in [5.41, 5.74) is 10.5. The van der Waals surface area contributed by atoms with Crippen molar-refractivity contribution in [2.24, 2.45) is 16.1 Å². The molecule has 3 heterocycles. The minimum Gasteiger partial charge on any atom is -0.506 e. The summed E-state index contributed by atoms with van der Waals surface area (Å²) in [4.78, 5) is 20.7. The van der Waals surface area contributed by atoms with Crippen molar-refractivity contribution < 1.29 is 18.5 Å². The Morgan fingerprint density at radius 3 is 2.66 bits per heavy atom. The molecule has 4 N–H and O–H groups in total. The van der Waals surface area contributed by atoms with Gasteiger partial charge in [-0.1, -0.05) is 0 Å². The number of amides is 1. The summed E-state index contributed by atoms with van der Waals surface area (Å²) < 4.78 is 31.1. The third-order valence-electron chi connectivity index (χ3n) is 7.98. The van der Waals surface area contributed by atoms with Crippen molar-refractivity contribution in [1.29, 1.82) is 0 Å². The van der Waals surface area contributed by atoms with E-state index in [1.807, 2.05) is 13.8 Å². The lowest BCUT2D eigenvalue weighted by molar-refractivity contribution is -0.117. The van der Waals surface area contributed by atoms with Crippen LogP contribution in [0.4, 0.5) is 10.1 Å². The summed E-state index contributed by atoms with van der Waals surface area (Å²) in [6, 6.07) is 1.96. The molecule has 9 nitrogen and oxygen atoms in total. The highest BCUT2D eigenvalue weighted by Crippen LogP contribution is 2.51. The number of aliphatic imine (C=N–C) groups is 1. The Bertz CT molecular complexity index is 1150. The van der Waals surface area contributed by atoms with E-state index in [1.54, 1.807) is 13.1 Å². The minimum atomic E-state index is -1.89. The molecular weight excluding hydrogens is 471 g/mol. The number of phenolic OH excluding ortho intramolecular Hbond substituents is 1. The standard InChI is InChI=1S/C24H33FN6O3S/c1-14(26)18(15(2)27-3)9-29-12-24(13-29)7-17(8-24)30-5-4-16-6-20(32)23(22(25)19(16)10-30)31-11-21(33)28-35(31)34/h6,17,32H,4-5,7-13,26H2,1-3H3,(H,28,33)/b18-14-,27-15?. The molecule has 35 heavy (non-hydrogen) atoms. The lowest BCUT2D eigenvalue weighted by atomic mass is 9.60. The van der Waals surface area contributed by atoms with Crippen LogP contribution in [0.15, 0.2) is 22.3 Å². The molecule has 3 fully saturated rings. The van der Waals surface area contributed by atoms with Crippen LogP contribution >= 0.6 is 0 Å². The zero-order valence-corrected chi connectivity index (χ0v) is 21.3. The number of nitrogens with zero attached hydrogens (tertiary/aromatic N) is 4. The van der Waals surface area contributed by atoms with E-state index in [4.69, 9.17) is 5.73 Å². The Balaban J connectivity index is 1.23. The number of benzene rings is 1. The highest BCUT2D eigenvalue weighted by Gasteiger charge is 2.54. The smallest absolute Gasteiger partial charge is 0.253 e. The number of nitrogens with two attached hydrogens (primary N) is 1. The molecule has 1 atom stereocenters. The van der Waals surface area contributed by atoms with Gasteiger partial charge in [0.25, 0.3) is 5.91 Å². The van der Waals surface area contributed by atoms with Crippen LogP contribution in [0.3, 0.4) is 0 Å². The monoisotopic (exact) mass is 504 g/mol. The average molecular weight is 505 g/mol. The zero-order chi connectivity index (χ0) is 25.1. The fourth-order valence-electron chi connectivity index (χ4n) is 6.10. The quantitative estimate of drug-likeness (QED) is 0.519. The molecule has 5 rings (SSSR count). The predicted octanol–water partition coefficient (Wildman–Crippen LogP) is 1.19. The highest BCUT2D eigenvalue weighted by molar-refractivity contribution is 7.85. The molecule has 0 bridgehead atoms. The second-order valence-corrected chi connectivity index (χ2v) is 11.5. The first-order chi connectivity index (χ1) is 16.6. The topological polar surface area (TPSA) is 114 Å². The van der Waals surface area contributed by atoms with Crippen LogP contribution in [0.25, 0.3) is 0 Å². The number of carbonyl (C=O) groups excluding carboxylic acids is 1. The third-order valence-corrected chi connectivity index (χ3v) is 9.10. The summed E-state index contributed by atoms with van der Waals surface area (Å²) in [6.07, 6.45) is 2.82. The van der Waals surface area contributed by atoms with Gasteiger partial charge in [0, 0.05) is 68.4 Å². The van der Waals surface area contributed by atoms with Crippen molar-refractivity contribution in [3.8, 4) is 5.75 Å². The molecule has 1 aliphatic carbocycles. The first-order valence-electron chi connectivity index (χ1n) is 12.0. The van der Waals surface area contributed by atoms with Gasteiger partial charge in [-0.3, -0.25) is 28.6 Å². The predicted molar refractivity (Wildman–Crippen MR) is 134 cm³/mol. The normalized spacial score (nSPS) is 25.7. The molecule has 0 aromatic heterocycles. The van der Waals surface area contributed by atoms with Gasteiger partial charge in [0.15, 0.2) is 5.82 Å². The molecule has 1 spiro atoms. The largest absolute Gasteiger partial charge is 0.506 e. The number of allylic oxidation sites excluding steroid dienone is 1. The van der Waals surface area contributed by atoms with Gasteiger partial charge >= 0.3 is 0 Å². The van der Waals surface area contributed by atoms with Crippen LogP contribution in [-0.4, -0.2) is 76.5 Å². The van der Waals surface area contributed by atoms with Crippen molar-refractivity contribution in [3.05, 3.63) is 34.3 Å². The summed E-state index contributed by atoms with van der Waals surface area (Å²) in [7, 11) is 1.79. The molecule has 4 aliphatic rings. The molecule has 2 saturated heterocycles. The first kappa shape index (κ1) is 24.2. The van der Waals surface area contributed by atoms with Crippen LogP contribution in [0, 0.1) is 11.2 Å². The Hall–Kier alpha value is -2.50. The van der Waals surface area contributed by atoms with Crippen molar-refractivity contribution in [3.63, 3.8) is 0 Å². The maximum atomic E-state index is 15.6. The van der Waals surface area contributed by atoms with Crippen LogP contribution in [0.1, 0.15) is 37.8 Å². The average Bonchev–Trinajstić information content (AvgIpc) is 3.08. The molecule has 1 aromatic carbocycles. The van der Waals surface area contributed by atoms with Crippen LogP contribution in [0.2, 0.25) is 0 Å². The van der Waals surface area contributed by atoms with Crippen LogP contribution < -0.4 is 14.8 Å². The molecule has 190 valence electrons. The van der Waals surface area contributed by atoms with E-state index in [0.717, 1.165) is 65.9 Å². The number of fused-ring (bicyclic) bond motifs is 1. The van der Waals surface area contributed by atoms with E-state index in [0.29, 0.717) is 30.0 Å². The van der Waals surface area contributed by atoms with E-state index in [9.17, 15) is 14.1 Å². The van der Waals surface area contributed by atoms with Gasteiger partial charge in [-0.15, -0.1) is 0 Å². The first-order valence-corrected chi connectivity index (χ1v) is 13.1. The van der Waals surface area contributed by atoms with Gasteiger partial charge in [-0.25, -0.2) is 8.60 Å². The van der Waals surface area contributed by atoms with Crippen molar-refractivity contribution in [1.82, 2.24) is 14.5 Å². The summed E-state index contributed by atoms with van der Waals surface area (Å²) in [5.74, 6) is -1.32. The molecule has 0 radical (unpaired) electrons. The van der Waals surface area contributed by atoms with Crippen molar-refractivity contribution in [2.75, 3.05) is 44.1 Å². The van der Waals surface area contributed by atoms with Gasteiger partial charge in [-0.2, -0.15) is 0 Å². The summed E-state index contributed by atoms with van der Waals surface area (Å²) in [6.45, 7) is 7.84. The maximum absolute atomic E-state index is 15.6. The number of likely N-dealkylation sites (tertiary alicyclic amines) is 1. The third kappa shape index (κ3) is 4.23. The number of rotatable bonds is 5. The molecule has 1 aromatic rings. The second-order valence-electron chi connectivity index (χ2n) is 10.4. The number of anilines is 1. The SMILES string of the molecule is CN=C(C)/C(CN1CC2(CC(N3CCc4cc(O)c(N5CC(=O)NS5=O)c(F)c4C3)C2)C1)=C(/C)N. The van der Waals surface area contributed by atoms with Crippen molar-refractivity contribution in [2.45, 2.75) is 45.7 Å². The lowest BCUT2D eigenvalue weighted by Gasteiger charge is -2.61. The van der Waals surface area contributed by atoms with Gasteiger partial charge < -0.3 is 10.8 Å². The number of hydrogen-bond donors (Lipinski definition) is 3. The number of halogens is 1. The van der Waals surface area contributed by atoms with Gasteiger partial charge in [0.2, 0.25) is 11.2 Å².